The zero-order valence-electron chi connectivity index (χ0n) is 18.5. The van der Waals surface area contributed by atoms with Gasteiger partial charge in [-0.3, -0.25) is 14.0 Å². The second-order valence-corrected chi connectivity index (χ2v) is 9.07. The molecule has 0 radical (unpaired) electrons. The molecule has 1 aromatic carbocycles. The van der Waals surface area contributed by atoms with Gasteiger partial charge in [-0.1, -0.05) is 23.8 Å². The molecule has 4 heterocycles. The van der Waals surface area contributed by atoms with Crippen LogP contribution in [0.15, 0.2) is 48.7 Å². The van der Waals surface area contributed by atoms with Gasteiger partial charge >= 0.3 is 0 Å². The van der Waals surface area contributed by atoms with Crippen LogP contribution in [0.25, 0.3) is 5.65 Å². The Bertz CT molecular complexity index is 1120. The van der Waals surface area contributed by atoms with Gasteiger partial charge in [-0.15, -0.1) is 10.2 Å². The Labute approximate surface area is 188 Å². The number of pyridine rings is 1. The fraction of sp³-hybridized carbons (Fsp3) is 0.440. The Balaban J connectivity index is 1.27. The van der Waals surface area contributed by atoms with Crippen molar-refractivity contribution in [1.82, 2.24) is 24.4 Å². The van der Waals surface area contributed by atoms with Crippen molar-refractivity contribution in [3.8, 4) is 0 Å². The largest absolute Gasteiger partial charge is 0.342 e. The molecule has 7 nitrogen and oxygen atoms in total. The SMILES string of the molecule is Cc1ccc(C(=O)N2CCCC(C(=O)N3CCCC(c4nnc5ccccn45)C3)C2)cc1. The Morgan fingerprint density at radius 3 is 2.53 bits per heavy atom. The first-order valence-corrected chi connectivity index (χ1v) is 11.5. The summed E-state index contributed by atoms with van der Waals surface area (Å²) in [5, 5.41) is 8.70. The van der Waals surface area contributed by atoms with Gasteiger partial charge in [0.2, 0.25) is 5.91 Å². The van der Waals surface area contributed by atoms with Crippen LogP contribution in [0.4, 0.5) is 0 Å². The molecule has 32 heavy (non-hydrogen) atoms. The zero-order valence-corrected chi connectivity index (χ0v) is 18.5. The van der Waals surface area contributed by atoms with E-state index in [2.05, 4.69) is 10.2 Å². The molecule has 5 rings (SSSR count). The number of rotatable bonds is 3. The van der Waals surface area contributed by atoms with Crippen LogP contribution in [0.2, 0.25) is 0 Å². The molecule has 2 fully saturated rings. The van der Waals surface area contributed by atoms with Crippen molar-refractivity contribution >= 4 is 17.5 Å². The number of carbonyl (C=O) groups is 2. The van der Waals surface area contributed by atoms with Gasteiger partial charge in [0, 0.05) is 43.9 Å². The quantitative estimate of drug-likeness (QED) is 0.638. The summed E-state index contributed by atoms with van der Waals surface area (Å²) in [7, 11) is 0. The lowest BCUT2D eigenvalue weighted by Crippen LogP contribution is -2.49. The summed E-state index contributed by atoms with van der Waals surface area (Å²) >= 11 is 0. The molecule has 2 aliphatic rings. The normalized spacial score (nSPS) is 21.7. The van der Waals surface area contributed by atoms with E-state index in [0.29, 0.717) is 25.2 Å². The third-order valence-electron chi connectivity index (χ3n) is 6.79. The summed E-state index contributed by atoms with van der Waals surface area (Å²) in [6, 6.07) is 13.6. The third-order valence-corrected chi connectivity index (χ3v) is 6.79. The van der Waals surface area contributed by atoms with E-state index in [1.54, 1.807) is 0 Å². The van der Waals surface area contributed by atoms with Crippen LogP contribution in [0.5, 0.6) is 0 Å². The summed E-state index contributed by atoms with van der Waals surface area (Å²) in [6.07, 6.45) is 5.64. The standard InChI is InChI=1S/C25H29N5O2/c1-18-9-11-19(12-10-18)24(31)29-14-5-7-21(17-29)25(32)28-13-4-6-20(16-28)23-27-26-22-8-2-3-15-30(22)23/h2-3,8-12,15,20-21H,4-7,13-14,16-17H2,1H3. The van der Waals surface area contributed by atoms with Gasteiger partial charge in [-0.25, -0.2) is 0 Å². The monoisotopic (exact) mass is 431 g/mol. The summed E-state index contributed by atoms with van der Waals surface area (Å²) in [5.74, 6) is 1.17. The molecule has 2 aromatic heterocycles. The minimum atomic E-state index is -0.132. The lowest BCUT2D eigenvalue weighted by Gasteiger charge is -2.38. The van der Waals surface area contributed by atoms with Gasteiger partial charge in [-0.2, -0.15) is 0 Å². The number of piperidine rings is 2. The van der Waals surface area contributed by atoms with Crippen LogP contribution < -0.4 is 0 Å². The average Bonchev–Trinajstić information content (AvgIpc) is 3.28. The van der Waals surface area contributed by atoms with Crippen molar-refractivity contribution in [3.63, 3.8) is 0 Å². The number of nitrogens with zero attached hydrogens (tertiary/aromatic N) is 5. The van der Waals surface area contributed by atoms with Crippen molar-refractivity contribution in [2.75, 3.05) is 26.2 Å². The maximum atomic E-state index is 13.4. The first-order valence-electron chi connectivity index (χ1n) is 11.5. The van der Waals surface area contributed by atoms with Gasteiger partial charge in [0.05, 0.1) is 5.92 Å². The van der Waals surface area contributed by atoms with Crippen LogP contribution >= 0.6 is 0 Å². The summed E-state index contributed by atoms with van der Waals surface area (Å²) < 4.78 is 2.03. The molecule has 7 heteroatoms. The van der Waals surface area contributed by atoms with Crippen LogP contribution in [-0.2, 0) is 4.79 Å². The highest BCUT2D eigenvalue weighted by Crippen LogP contribution is 2.29. The van der Waals surface area contributed by atoms with Gasteiger partial charge in [0.1, 0.15) is 5.82 Å². The van der Waals surface area contributed by atoms with Crippen molar-refractivity contribution in [2.24, 2.45) is 5.92 Å². The van der Waals surface area contributed by atoms with E-state index in [4.69, 9.17) is 0 Å². The molecule has 2 aliphatic heterocycles. The molecule has 166 valence electrons. The highest BCUT2D eigenvalue weighted by Gasteiger charge is 2.34. The minimum Gasteiger partial charge on any atom is -0.342 e. The number of benzene rings is 1. The Morgan fingerprint density at radius 2 is 1.69 bits per heavy atom. The molecule has 0 spiro atoms. The highest BCUT2D eigenvalue weighted by molar-refractivity contribution is 5.94. The summed E-state index contributed by atoms with van der Waals surface area (Å²) in [5.41, 5.74) is 2.66. The minimum absolute atomic E-state index is 0.0222. The number of hydrogen-bond acceptors (Lipinski definition) is 4. The number of carbonyl (C=O) groups excluding carboxylic acids is 2. The van der Waals surface area contributed by atoms with E-state index in [9.17, 15) is 9.59 Å². The van der Waals surface area contributed by atoms with Crippen LogP contribution in [0.1, 0.15) is 53.3 Å². The average molecular weight is 432 g/mol. The smallest absolute Gasteiger partial charge is 0.253 e. The summed E-state index contributed by atoms with van der Waals surface area (Å²) in [4.78, 5) is 30.2. The Kier molecular flexibility index (Phi) is 5.64. The number of fused-ring (bicyclic) bond motifs is 1. The van der Waals surface area contributed by atoms with Gasteiger partial charge in [-0.05, 0) is 56.9 Å². The van der Waals surface area contributed by atoms with Crippen molar-refractivity contribution < 1.29 is 9.59 Å². The predicted molar refractivity (Wildman–Crippen MR) is 121 cm³/mol. The van der Waals surface area contributed by atoms with Gasteiger partial charge < -0.3 is 9.80 Å². The molecule has 3 aromatic rings. The van der Waals surface area contributed by atoms with E-state index < -0.39 is 0 Å². The maximum absolute atomic E-state index is 13.4. The number of aryl methyl sites for hydroxylation is 1. The van der Waals surface area contributed by atoms with Crippen LogP contribution in [0.3, 0.4) is 0 Å². The molecule has 0 bridgehead atoms. The second kappa shape index (κ2) is 8.73. The molecular weight excluding hydrogens is 402 g/mol. The maximum Gasteiger partial charge on any atom is 0.253 e. The lowest BCUT2D eigenvalue weighted by molar-refractivity contribution is -0.138. The third kappa shape index (κ3) is 3.99. The van der Waals surface area contributed by atoms with Crippen molar-refractivity contribution in [2.45, 2.75) is 38.5 Å². The van der Waals surface area contributed by atoms with E-state index in [1.165, 1.54) is 0 Å². The van der Waals surface area contributed by atoms with E-state index in [-0.39, 0.29) is 23.7 Å². The Morgan fingerprint density at radius 1 is 0.906 bits per heavy atom. The van der Waals surface area contributed by atoms with Crippen molar-refractivity contribution in [1.29, 1.82) is 0 Å². The van der Waals surface area contributed by atoms with Crippen molar-refractivity contribution in [3.05, 3.63) is 65.6 Å². The highest BCUT2D eigenvalue weighted by atomic mass is 16.2. The molecule has 2 saturated heterocycles. The molecule has 0 saturated carbocycles. The molecule has 2 atom stereocenters. The first-order chi connectivity index (χ1) is 15.6. The number of aromatic nitrogens is 3. The summed E-state index contributed by atoms with van der Waals surface area (Å²) in [6.45, 7) is 4.66. The molecule has 0 N–H and O–H groups in total. The van der Waals surface area contributed by atoms with Gasteiger partial charge in [0.25, 0.3) is 5.91 Å². The van der Waals surface area contributed by atoms with E-state index in [1.807, 2.05) is 69.8 Å². The fourth-order valence-electron chi connectivity index (χ4n) is 5.03. The molecule has 2 unspecified atom stereocenters. The first kappa shape index (κ1) is 20.7. The van der Waals surface area contributed by atoms with E-state index in [0.717, 1.165) is 49.3 Å². The predicted octanol–water partition coefficient (Wildman–Crippen LogP) is 3.30. The molecular formula is C25H29N5O2. The van der Waals surface area contributed by atoms with Gasteiger partial charge in [0.15, 0.2) is 5.65 Å². The number of hydrogen-bond donors (Lipinski definition) is 0. The topological polar surface area (TPSA) is 70.8 Å². The zero-order chi connectivity index (χ0) is 22.1. The van der Waals surface area contributed by atoms with E-state index >= 15 is 0 Å². The Hall–Kier alpha value is -3.22. The fourth-order valence-corrected chi connectivity index (χ4v) is 5.03. The molecule has 2 amide bonds. The number of likely N-dealkylation sites (tertiary alicyclic amines) is 2. The van der Waals surface area contributed by atoms with Crippen LogP contribution in [-0.4, -0.2) is 62.4 Å². The number of amides is 2. The van der Waals surface area contributed by atoms with Crippen LogP contribution in [0, 0.1) is 12.8 Å². The second-order valence-electron chi connectivity index (χ2n) is 9.07. The lowest BCUT2D eigenvalue weighted by atomic mass is 9.92. The molecule has 0 aliphatic carbocycles.